The van der Waals surface area contributed by atoms with Gasteiger partial charge in [-0.1, -0.05) is 34.6 Å². The Kier molecular flexibility index (Phi) is 7.45. The fourth-order valence-corrected chi connectivity index (χ4v) is 2.17. The molecule has 0 aliphatic heterocycles. The number of hydrogen-bond donors (Lipinski definition) is 6. The number of hydroxylamine groups is 2. The molecule has 140 valence electrons. The van der Waals surface area contributed by atoms with Crippen LogP contribution in [-0.4, -0.2) is 44.9 Å². The fraction of sp³-hybridized carbons (Fsp3) is 0.0588. The molecule has 10 nitrogen and oxygen atoms in total. The average Bonchev–Trinajstić information content (AvgIpc) is 2.70. The molecule has 0 aromatic heterocycles. The van der Waals surface area contributed by atoms with E-state index in [-0.39, 0.29) is 11.7 Å². The molecule has 0 aliphatic carbocycles. The van der Waals surface area contributed by atoms with E-state index in [1.807, 2.05) is 35.2 Å². The van der Waals surface area contributed by atoms with E-state index in [0.29, 0.717) is 17.8 Å². The minimum Gasteiger partial charge on any atom is -0.411 e. The number of benzene rings is 2. The molecule has 0 unspecified atom stereocenters. The molecule has 0 aliphatic rings. The highest BCUT2D eigenvalue weighted by molar-refractivity contribution is 6.29. The Balaban J connectivity index is 2.07. The van der Waals surface area contributed by atoms with Crippen molar-refractivity contribution in [3.05, 3.63) is 59.7 Å². The lowest BCUT2D eigenvalue weighted by Crippen LogP contribution is -2.19. The summed E-state index contributed by atoms with van der Waals surface area (Å²) < 4.78 is 0. The third-order valence-electron chi connectivity index (χ3n) is 3.37. The molecule has 27 heavy (non-hydrogen) atoms. The lowest BCUT2D eigenvalue weighted by molar-refractivity contribution is 0.236. The minimum atomic E-state index is 0.00405. The van der Waals surface area contributed by atoms with Crippen LogP contribution in [0.2, 0.25) is 0 Å². The maximum absolute atomic E-state index is 8.86. The van der Waals surface area contributed by atoms with Crippen LogP contribution in [0.4, 0.5) is 11.4 Å². The number of aliphatic imine (C=N–C) groups is 2. The van der Waals surface area contributed by atoms with Crippen LogP contribution < -0.4 is 11.0 Å². The predicted octanol–water partition coefficient (Wildman–Crippen LogP) is 2.21. The Morgan fingerprint density at radius 2 is 1.07 bits per heavy atom. The number of nitrogens with one attached hydrogen (secondary N) is 2. The van der Waals surface area contributed by atoms with E-state index in [1.165, 1.54) is 0 Å². The van der Waals surface area contributed by atoms with Crippen LogP contribution in [0.1, 0.15) is 11.1 Å². The van der Waals surface area contributed by atoms with Crippen molar-refractivity contribution in [1.29, 1.82) is 0 Å². The van der Waals surface area contributed by atoms with Gasteiger partial charge in [0.05, 0.1) is 11.4 Å². The molecule has 6 N–H and O–H groups in total. The molecule has 10 heteroatoms. The minimum absolute atomic E-state index is 0.00405. The summed E-state index contributed by atoms with van der Waals surface area (Å²) in [7, 11) is 0. The van der Waals surface area contributed by atoms with Crippen molar-refractivity contribution >= 4 is 35.5 Å². The van der Waals surface area contributed by atoms with Crippen LogP contribution in [0, 0.1) is 0 Å². The van der Waals surface area contributed by atoms with Gasteiger partial charge in [-0.2, -0.15) is 0 Å². The fourth-order valence-electron chi connectivity index (χ4n) is 2.17. The molecule has 0 radical (unpaired) electrons. The van der Waals surface area contributed by atoms with Crippen LogP contribution in [-0.2, 0) is 6.42 Å². The molecule has 2 rings (SSSR count). The summed E-state index contributed by atoms with van der Waals surface area (Å²) in [4.78, 5) is 8.11. The van der Waals surface area contributed by atoms with Crippen LogP contribution in [0.25, 0.3) is 0 Å². The normalized spacial score (nSPS) is 12.7. The highest BCUT2D eigenvalue weighted by atomic mass is 16.5. The Morgan fingerprint density at radius 1 is 0.704 bits per heavy atom. The van der Waals surface area contributed by atoms with E-state index in [9.17, 15) is 0 Å². The van der Waals surface area contributed by atoms with Gasteiger partial charge in [0.2, 0.25) is 0 Å². The van der Waals surface area contributed by atoms with Gasteiger partial charge in [0.25, 0.3) is 0 Å². The summed E-state index contributed by atoms with van der Waals surface area (Å²) in [5.74, 6) is 0.00810. The number of hydrogen-bond acceptors (Lipinski definition) is 8. The SMILES string of the molecule is ON=CC(=Nc1ccc(Cc2ccc(N=C(C=NO)NO)cc2)cc1)NO. The van der Waals surface area contributed by atoms with Gasteiger partial charge in [0.1, 0.15) is 12.4 Å². The van der Waals surface area contributed by atoms with E-state index in [4.69, 9.17) is 20.8 Å². The van der Waals surface area contributed by atoms with Crippen molar-refractivity contribution in [2.24, 2.45) is 20.3 Å². The molecular weight excluding hydrogens is 352 g/mol. The van der Waals surface area contributed by atoms with Crippen molar-refractivity contribution < 1.29 is 20.8 Å². The van der Waals surface area contributed by atoms with Crippen molar-refractivity contribution in [3.63, 3.8) is 0 Å². The second kappa shape index (κ2) is 10.3. The van der Waals surface area contributed by atoms with Gasteiger partial charge in [-0.05, 0) is 41.8 Å². The molecule has 2 aromatic carbocycles. The van der Waals surface area contributed by atoms with E-state index in [1.54, 1.807) is 24.3 Å². The van der Waals surface area contributed by atoms with Gasteiger partial charge in [0.15, 0.2) is 11.7 Å². The van der Waals surface area contributed by atoms with Gasteiger partial charge in [-0.25, -0.2) is 9.98 Å². The van der Waals surface area contributed by atoms with E-state index < -0.39 is 0 Å². The highest BCUT2D eigenvalue weighted by Gasteiger charge is 2.00. The molecule has 0 spiro atoms. The van der Waals surface area contributed by atoms with E-state index in [2.05, 4.69) is 20.3 Å². The lowest BCUT2D eigenvalue weighted by Gasteiger charge is -2.04. The first-order valence-electron chi connectivity index (χ1n) is 7.69. The van der Waals surface area contributed by atoms with Crippen LogP contribution in [0.5, 0.6) is 0 Å². The van der Waals surface area contributed by atoms with Gasteiger partial charge < -0.3 is 10.4 Å². The molecule has 2 aromatic rings. The molecule has 0 atom stereocenters. The lowest BCUT2D eigenvalue weighted by atomic mass is 10.0. The first-order valence-corrected chi connectivity index (χ1v) is 7.69. The monoisotopic (exact) mass is 370 g/mol. The number of rotatable bonds is 6. The third-order valence-corrected chi connectivity index (χ3v) is 3.37. The third kappa shape index (κ3) is 6.23. The Morgan fingerprint density at radius 3 is 1.37 bits per heavy atom. The zero-order valence-corrected chi connectivity index (χ0v) is 14.1. The summed E-state index contributed by atoms with van der Waals surface area (Å²) in [6.07, 6.45) is 2.63. The van der Waals surface area contributed by atoms with Crippen molar-refractivity contribution in [1.82, 2.24) is 11.0 Å². The molecule has 0 amide bonds. The first kappa shape index (κ1) is 19.6. The molecule has 0 saturated carbocycles. The maximum Gasteiger partial charge on any atom is 0.172 e. The second-order valence-corrected chi connectivity index (χ2v) is 5.22. The molecule has 0 heterocycles. The summed E-state index contributed by atoms with van der Waals surface area (Å²) in [5.41, 5.74) is 6.90. The summed E-state index contributed by atoms with van der Waals surface area (Å²) in [5, 5.41) is 40.2. The number of amidine groups is 2. The standard InChI is InChI=1S/C17H18N6O4/c24-18-10-16(22-26)20-14-5-1-12(2-6-14)9-13-3-7-15(8-4-13)21-17(23-27)11-19-25/h1-8,10-11,24-27H,9H2,(H,20,22)(H,21,23). The van der Waals surface area contributed by atoms with Crippen LogP contribution >= 0.6 is 0 Å². The zero-order chi connectivity index (χ0) is 19.5. The Bertz CT molecular complexity index is 773. The van der Waals surface area contributed by atoms with Gasteiger partial charge in [0, 0.05) is 0 Å². The van der Waals surface area contributed by atoms with Crippen molar-refractivity contribution in [3.8, 4) is 0 Å². The second-order valence-electron chi connectivity index (χ2n) is 5.22. The molecule has 0 saturated heterocycles. The number of nitrogens with zero attached hydrogens (tertiary/aromatic N) is 4. The van der Waals surface area contributed by atoms with E-state index >= 15 is 0 Å². The average molecular weight is 370 g/mol. The van der Waals surface area contributed by atoms with Crippen LogP contribution in [0.3, 0.4) is 0 Å². The number of oxime groups is 2. The van der Waals surface area contributed by atoms with Gasteiger partial charge in [-0.15, -0.1) is 0 Å². The van der Waals surface area contributed by atoms with Gasteiger partial charge >= 0.3 is 0 Å². The van der Waals surface area contributed by atoms with Crippen LogP contribution in [0.15, 0.2) is 68.8 Å². The largest absolute Gasteiger partial charge is 0.411 e. The summed E-state index contributed by atoms with van der Waals surface area (Å²) in [6, 6.07) is 14.6. The molecular formula is C17H18N6O4. The Hall–Kier alpha value is -3.76. The highest BCUT2D eigenvalue weighted by Crippen LogP contribution is 2.18. The summed E-state index contributed by atoms with van der Waals surface area (Å²) >= 11 is 0. The predicted molar refractivity (Wildman–Crippen MR) is 100 cm³/mol. The maximum atomic E-state index is 8.86. The van der Waals surface area contributed by atoms with Crippen molar-refractivity contribution in [2.45, 2.75) is 6.42 Å². The Labute approximate surface area is 154 Å². The van der Waals surface area contributed by atoms with Gasteiger partial charge in [-0.3, -0.25) is 21.4 Å². The first-order chi connectivity index (χ1) is 13.2. The smallest absolute Gasteiger partial charge is 0.172 e. The topological polar surface area (TPSA) is 154 Å². The van der Waals surface area contributed by atoms with Crippen molar-refractivity contribution in [2.75, 3.05) is 0 Å². The summed E-state index contributed by atoms with van der Waals surface area (Å²) in [6.45, 7) is 0. The quantitative estimate of drug-likeness (QED) is 0.198. The molecule has 0 fully saturated rings. The molecule has 0 bridgehead atoms. The zero-order valence-electron chi connectivity index (χ0n) is 14.1. The van der Waals surface area contributed by atoms with E-state index in [0.717, 1.165) is 23.6 Å².